The highest BCUT2D eigenvalue weighted by atomic mass is 32.2. The maximum Gasteiger partial charge on any atom is 0.253 e. The highest BCUT2D eigenvalue weighted by Gasteiger charge is 2.17. The number of para-hydroxylation sites is 1. The molecule has 0 spiro atoms. The van der Waals surface area contributed by atoms with Crippen molar-refractivity contribution < 1.29 is 4.79 Å². The molecule has 1 N–H and O–H groups in total. The third kappa shape index (κ3) is 3.87. The van der Waals surface area contributed by atoms with Crippen LogP contribution in [0, 0.1) is 0 Å². The van der Waals surface area contributed by atoms with Crippen molar-refractivity contribution in [3.05, 3.63) is 24.3 Å². The molecule has 0 bridgehead atoms. The van der Waals surface area contributed by atoms with Crippen LogP contribution in [-0.2, 0) is 4.79 Å². The molecule has 2 aromatic rings. The fourth-order valence-corrected chi connectivity index (χ4v) is 4.61. The minimum Gasteiger partial charge on any atom is -0.272 e. The summed E-state index contributed by atoms with van der Waals surface area (Å²) in [5.41, 5.74) is 4.82. The van der Waals surface area contributed by atoms with Crippen LogP contribution in [0.1, 0.15) is 39.0 Å². The van der Waals surface area contributed by atoms with Crippen molar-refractivity contribution >= 4 is 44.9 Å². The lowest BCUT2D eigenvalue weighted by Gasteiger charge is -2.13. The summed E-state index contributed by atoms with van der Waals surface area (Å²) in [5, 5.41) is 4.07. The number of thiazole rings is 1. The Balaban J connectivity index is 1.58. The summed E-state index contributed by atoms with van der Waals surface area (Å²) in [6, 6.07) is 8.03. The number of amides is 1. The normalized spacial score (nSPS) is 16.5. The van der Waals surface area contributed by atoms with Gasteiger partial charge in [0.25, 0.3) is 5.91 Å². The molecule has 1 aliphatic carbocycles. The minimum absolute atomic E-state index is 0.0534. The van der Waals surface area contributed by atoms with Crippen molar-refractivity contribution in [2.75, 3.05) is 0 Å². The van der Waals surface area contributed by atoms with Crippen LogP contribution in [0.25, 0.3) is 10.2 Å². The molecule has 116 valence electrons. The predicted octanol–water partition coefficient (Wildman–Crippen LogP) is 4.21. The number of carbonyl (C=O) groups excluding carboxylic acids is 1. The fraction of sp³-hybridized carbons (Fsp3) is 0.438. The minimum atomic E-state index is -0.200. The van der Waals surface area contributed by atoms with E-state index in [4.69, 9.17) is 0 Å². The molecule has 1 aromatic heterocycles. The first kappa shape index (κ1) is 15.5. The van der Waals surface area contributed by atoms with E-state index in [9.17, 15) is 4.79 Å². The Morgan fingerprint density at radius 1 is 1.32 bits per heavy atom. The second kappa shape index (κ2) is 7.24. The molecule has 1 amide bonds. The standard InChI is InChI=1S/C16H19N3OS2/c1-11(15(20)19-18-12-7-3-2-4-8-12)21-16-17-13-9-5-6-10-14(13)22-16/h5-6,9-11H,2-4,7-8H2,1H3,(H,19,20)/t11-/m0/s1. The van der Waals surface area contributed by atoms with Crippen LogP contribution in [0.4, 0.5) is 0 Å². The quantitative estimate of drug-likeness (QED) is 0.673. The number of thioether (sulfide) groups is 1. The molecule has 1 heterocycles. The van der Waals surface area contributed by atoms with E-state index in [2.05, 4.69) is 21.6 Å². The Labute approximate surface area is 138 Å². The van der Waals surface area contributed by atoms with E-state index in [0.29, 0.717) is 0 Å². The molecule has 1 saturated carbocycles. The summed E-state index contributed by atoms with van der Waals surface area (Å²) < 4.78 is 2.08. The smallest absolute Gasteiger partial charge is 0.253 e. The summed E-state index contributed by atoms with van der Waals surface area (Å²) in [6.07, 6.45) is 5.67. The lowest BCUT2D eigenvalue weighted by Crippen LogP contribution is -2.28. The van der Waals surface area contributed by atoms with E-state index in [1.54, 1.807) is 11.3 Å². The fourth-order valence-electron chi connectivity index (χ4n) is 2.40. The van der Waals surface area contributed by atoms with Crippen molar-refractivity contribution in [3.8, 4) is 0 Å². The second-order valence-electron chi connectivity index (χ2n) is 5.42. The van der Waals surface area contributed by atoms with Crippen LogP contribution in [0.15, 0.2) is 33.7 Å². The zero-order chi connectivity index (χ0) is 15.4. The summed E-state index contributed by atoms with van der Waals surface area (Å²) in [7, 11) is 0. The van der Waals surface area contributed by atoms with Crippen LogP contribution in [0.5, 0.6) is 0 Å². The molecule has 4 nitrogen and oxygen atoms in total. The van der Waals surface area contributed by atoms with Crippen LogP contribution in [-0.4, -0.2) is 21.9 Å². The predicted molar refractivity (Wildman–Crippen MR) is 93.6 cm³/mol. The first-order valence-electron chi connectivity index (χ1n) is 7.60. The van der Waals surface area contributed by atoms with Gasteiger partial charge in [0, 0.05) is 5.71 Å². The molecule has 0 aliphatic heterocycles. The van der Waals surface area contributed by atoms with Gasteiger partial charge < -0.3 is 0 Å². The Morgan fingerprint density at radius 3 is 2.86 bits per heavy atom. The lowest BCUT2D eigenvalue weighted by molar-refractivity contribution is -0.120. The molecular weight excluding hydrogens is 314 g/mol. The van der Waals surface area contributed by atoms with Gasteiger partial charge in [-0.3, -0.25) is 4.79 Å². The van der Waals surface area contributed by atoms with Crippen LogP contribution in [0.3, 0.4) is 0 Å². The summed E-state index contributed by atoms with van der Waals surface area (Å²) in [6.45, 7) is 1.90. The zero-order valence-electron chi connectivity index (χ0n) is 12.5. The highest BCUT2D eigenvalue weighted by molar-refractivity contribution is 8.02. The number of benzene rings is 1. The number of fused-ring (bicyclic) bond motifs is 1. The molecule has 6 heteroatoms. The van der Waals surface area contributed by atoms with Gasteiger partial charge in [-0.15, -0.1) is 11.3 Å². The molecule has 1 fully saturated rings. The summed E-state index contributed by atoms with van der Waals surface area (Å²) >= 11 is 3.12. The number of nitrogens with one attached hydrogen (secondary N) is 1. The lowest BCUT2D eigenvalue weighted by atomic mass is 9.99. The van der Waals surface area contributed by atoms with Crippen LogP contribution >= 0.6 is 23.1 Å². The van der Waals surface area contributed by atoms with Crippen molar-refractivity contribution in [2.24, 2.45) is 5.10 Å². The number of carbonyl (C=O) groups is 1. The van der Waals surface area contributed by atoms with Gasteiger partial charge in [0.2, 0.25) is 0 Å². The number of rotatable bonds is 4. The van der Waals surface area contributed by atoms with Gasteiger partial charge >= 0.3 is 0 Å². The van der Waals surface area contributed by atoms with Crippen molar-refractivity contribution in [1.82, 2.24) is 10.4 Å². The monoisotopic (exact) mass is 333 g/mol. The highest BCUT2D eigenvalue weighted by Crippen LogP contribution is 2.31. The summed E-state index contributed by atoms with van der Waals surface area (Å²) in [4.78, 5) is 16.7. The van der Waals surface area contributed by atoms with Gasteiger partial charge in [0.05, 0.1) is 15.5 Å². The number of hydrogen-bond donors (Lipinski definition) is 1. The Hall–Kier alpha value is -1.40. The number of hydrogen-bond acceptors (Lipinski definition) is 5. The molecule has 3 rings (SSSR count). The number of nitrogens with zero attached hydrogens (tertiary/aromatic N) is 2. The average molecular weight is 333 g/mol. The summed E-state index contributed by atoms with van der Waals surface area (Å²) in [5.74, 6) is -0.0534. The van der Waals surface area contributed by atoms with E-state index in [1.807, 2.05) is 25.1 Å². The topological polar surface area (TPSA) is 54.4 Å². The van der Waals surface area contributed by atoms with Gasteiger partial charge in [-0.25, -0.2) is 10.4 Å². The first-order valence-corrected chi connectivity index (χ1v) is 9.29. The third-order valence-electron chi connectivity index (χ3n) is 3.68. The number of hydrazone groups is 1. The van der Waals surface area contributed by atoms with Gasteiger partial charge in [0.1, 0.15) is 0 Å². The van der Waals surface area contributed by atoms with Crippen molar-refractivity contribution in [2.45, 2.75) is 48.6 Å². The average Bonchev–Trinajstić information content (AvgIpc) is 2.95. The van der Waals surface area contributed by atoms with Gasteiger partial charge in [-0.05, 0) is 44.7 Å². The Bertz CT molecular complexity index is 655. The molecule has 0 radical (unpaired) electrons. The van der Waals surface area contributed by atoms with E-state index >= 15 is 0 Å². The molecule has 1 aromatic carbocycles. The molecule has 1 atom stereocenters. The third-order valence-corrected chi connectivity index (χ3v) is 5.91. The van der Waals surface area contributed by atoms with E-state index in [0.717, 1.165) is 33.1 Å². The molecule has 0 saturated heterocycles. The van der Waals surface area contributed by atoms with Crippen molar-refractivity contribution in [1.29, 1.82) is 0 Å². The van der Waals surface area contributed by atoms with Crippen molar-refractivity contribution in [3.63, 3.8) is 0 Å². The maximum atomic E-state index is 12.1. The van der Waals surface area contributed by atoms with E-state index in [-0.39, 0.29) is 11.2 Å². The Kier molecular flexibility index (Phi) is 5.10. The van der Waals surface area contributed by atoms with E-state index < -0.39 is 0 Å². The van der Waals surface area contributed by atoms with Crippen LogP contribution in [0.2, 0.25) is 0 Å². The second-order valence-corrected chi connectivity index (χ2v) is 8.04. The van der Waals surface area contributed by atoms with Gasteiger partial charge in [-0.1, -0.05) is 30.3 Å². The first-order chi connectivity index (χ1) is 10.7. The zero-order valence-corrected chi connectivity index (χ0v) is 14.2. The molecule has 0 unspecified atom stereocenters. The van der Waals surface area contributed by atoms with E-state index in [1.165, 1.54) is 31.0 Å². The van der Waals surface area contributed by atoms with Crippen LogP contribution < -0.4 is 5.43 Å². The maximum absolute atomic E-state index is 12.1. The Morgan fingerprint density at radius 2 is 2.09 bits per heavy atom. The molecule has 1 aliphatic rings. The molecular formula is C16H19N3OS2. The number of aromatic nitrogens is 1. The molecule has 22 heavy (non-hydrogen) atoms. The SMILES string of the molecule is C[C@H](Sc1nc2ccccc2s1)C(=O)NN=C1CCCCC1. The largest absolute Gasteiger partial charge is 0.272 e. The van der Waals surface area contributed by atoms with Gasteiger partial charge in [-0.2, -0.15) is 5.10 Å². The van der Waals surface area contributed by atoms with Gasteiger partial charge in [0.15, 0.2) is 4.34 Å².